The van der Waals surface area contributed by atoms with Gasteiger partial charge in [-0.25, -0.2) is 0 Å². The fraction of sp³-hybridized carbons (Fsp3) is 0.429. The van der Waals surface area contributed by atoms with E-state index in [1.165, 1.54) is 0 Å². The number of amides is 2. The molecular formula is C14H17N3O2. The number of fused-ring (bicyclic) bond motifs is 1. The Labute approximate surface area is 112 Å². The van der Waals surface area contributed by atoms with Crippen molar-refractivity contribution in [3.05, 3.63) is 29.3 Å². The van der Waals surface area contributed by atoms with Gasteiger partial charge in [0.05, 0.1) is 6.42 Å². The molecule has 1 fully saturated rings. The molecule has 0 radical (unpaired) electrons. The number of nitrogens with one attached hydrogen (secondary N) is 2. The van der Waals surface area contributed by atoms with E-state index in [-0.39, 0.29) is 11.8 Å². The summed E-state index contributed by atoms with van der Waals surface area (Å²) in [5, 5.41) is 6.10. The van der Waals surface area contributed by atoms with E-state index in [9.17, 15) is 9.59 Å². The van der Waals surface area contributed by atoms with Gasteiger partial charge in [-0.05, 0) is 24.6 Å². The van der Waals surface area contributed by atoms with Crippen molar-refractivity contribution in [2.45, 2.75) is 19.4 Å². The second kappa shape index (κ2) is 4.66. The molecule has 1 aromatic carbocycles. The van der Waals surface area contributed by atoms with Crippen LogP contribution in [0.3, 0.4) is 0 Å². The van der Waals surface area contributed by atoms with Crippen molar-refractivity contribution in [1.29, 1.82) is 0 Å². The molecule has 5 heteroatoms. The number of hydrogen-bond donors (Lipinski definition) is 2. The highest BCUT2D eigenvalue weighted by Crippen LogP contribution is 2.24. The first-order valence-corrected chi connectivity index (χ1v) is 6.59. The summed E-state index contributed by atoms with van der Waals surface area (Å²) in [6.45, 7) is 4.35. The molecule has 0 unspecified atom stereocenters. The predicted octanol–water partition coefficient (Wildman–Crippen LogP) is 0.615. The molecule has 0 aliphatic carbocycles. The normalized spacial score (nSPS) is 22.1. The molecule has 2 aliphatic heterocycles. The summed E-state index contributed by atoms with van der Waals surface area (Å²) in [6.07, 6.45) is 0.411. The van der Waals surface area contributed by atoms with Crippen molar-refractivity contribution in [2.75, 3.05) is 25.0 Å². The SMILES string of the molecule is C[C@H]1CN(C(=O)c2ccc3c(c2)NC(=O)C3)CCN1. The van der Waals surface area contributed by atoms with Crippen LogP contribution in [0.5, 0.6) is 0 Å². The minimum atomic E-state index is -0.00427. The third-order valence-electron chi connectivity index (χ3n) is 3.64. The zero-order valence-corrected chi connectivity index (χ0v) is 10.9. The van der Waals surface area contributed by atoms with Crippen molar-refractivity contribution in [3.8, 4) is 0 Å². The number of nitrogens with zero attached hydrogens (tertiary/aromatic N) is 1. The van der Waals surface area contributed by atoms with Gasteiger partial charge in [-0.2, -0.15) is 0 Å². The fourth-order valence-corrected chi connectivity index (χ4v) is 2.65. The molecule has 3 rings (SSSR count). The number of piperazine rings is 1. The molecule has 0 aromatic heterocycles. The van der Waals surface area contributed by atoms with Gasteiger partial charge in [-0.1, -0.05) is 6.07 Å². The summed E-state index contributed by atoms with van der Waals surface area (Å²) in [6, 6.07) is 5.79. The van der Waals surface area contributed by atoms with Gasteiger partial charge in [0.1, 0.15) is 0 Å². The summed E-state index contributed by atoms with van der Waals surface area (Å²) in [5.74, 6) is 0.0349. The number of carbonyl (C=O) groups is 2. The Morgan fingerprint density at radius 2 is 2.26 bits per heavy atom. The quantitative estimate of drug-likeness (QED) is 0.777. The third-order valence-corrected chi connectivity index (χ3v) is 3.64. The predicted molar refractivity (Wildman–Crippen MR) is 72.1 cm³/mol. The zero-order valence-electron chi connectivity index (χ0n) is 10.9. The van der Waals surface area contributed by atoms with Crippen molar-refractivity contribution in [2.24, 2.45) is 0 Å². The van der Waals surface area contributed by atoms with Gasteiger partial charge < -0.3 is 15.5 Å². The minimum absolute atomic E-state index is 0.00427. The summed E-state index contributed by atoms with van der Waals surface area (Å²) >= 11 is 0. The molecule has 1 aromatic rings. The van der Waals surface area contributed by atoms with Crippen molar-refractivity contribution in [3.63, 3.8) is 0 Å². The highest BCUT2D eigenvalue weighted by molar-refractivity contribution is 6.02. The first kappa shape index (κ1) is 12.2. The van der Waals surface area contributed by atoms with Gasteiger partial charge >= 0.3 is 0 Å². The summed E-state index contributed by atoms with van der Waals surface area (Å²) in [7, 11) is 0. The molecule has 19 heavy (non-hydrogen) atoms. The topological polar surface area (TPSA) is 61.4 Å². The van der Waals surface area contributed by atoms with E-state index in [1.54, 1.807) is 6.07 Å². The summed E-state index contributed by atoms with van der Waals surface area (Å²) < 4.78 is 0. The fourth-order valence-electron chi connectivity index (χ4n) is 2.65. The molecule has 1 saturated heterocycles. The van der Waals surface area contributed by atoms with Crippen LogP contribution in [0.2, 0.25) is 0 Å². The molecule has 0 spiro atoms. The first-order chi connectivity index (χ1) is 9.13. The van der Waals surface area contributed by atoms with Crippen LogP contribution in [-0.4, -0.2) is 42.4 Å². The Hall–Kier alpha value is -1.88. The molecule has 2 aliphatic rings. The number of carbonyl (C=O) groups excluding carboxylic acids is 2. The van der Waals surface area contributed by atoms with Crippen LogP contribution in [0.25, 0.3) is 0 Å². The van der Waals surface area contributed by atoms with Gasteiger partial charge in [0, 0.05) is 36.9 Å². The number of anilines is 1. The van der Waals surface area contributed by atoms with Crippen molar-refractivity contribution in [1.82, 2.24) is 10.2 Å². The maximum absolute atomic E-state index is 12.4. The summed E-state index contributed by atoms with van der Waals surface area (Å²) in [5.41, 5.74) is 2.39. The maximum Gasteiger partial charge on any atom is 0.254 e. The van der Waals surface area contributed by atoms with Crippen molar-refractivity contribution >= 4 is 17.5 Å². The van der Waals surface area contributed by atoms with E-state index >= 15 is 0 Å². The van der Waals surface area contributed by atoms with E-state index in [0.717, 1.165) is 30.9 Å². The second-order valence-corrected chi connectivity index (χ2v) is 5.20. The zero-order chi connectivity index (χ0) is 13.4. The minimum Gasteiger partial charge on any atom is -0.336 e. The number of benzene rings is 1. The average molecular weight is 259 g/mol. The standard InChI is InChI=1S/C14H17N3O2/c1-9-8-17(5-4-15-9)14(19)11-3-2-10-7-13(18)16-12(10)6-11/h2-3,6,9,15H,4-5,7-8H2,1H3,(H,16,18)/t9-/m0/s1. The molecule has 2 amide bonds. The van der Waals surface area contributed by atoms with Crippen LogP contribution < -0.4 is 10.6 Å². The third kappa shape index (κ3) is 2.33. The Bertz CT molecular complexity index is 541. The summed E-state index contributed by atoms with van der Waals surface area (Å²) in [4.78, 5) is 25.6. The first-order valence-electron chi connectivity index (χ1n) is 6.59. The highest BCUT2D eigenvalue weighted by Gasteiger charge is 2.24. The van der Waals surface area contributed by atoms with Crippen LogP contribution >= 0.6 is 0 Å². The molecule has 1 atom stereocenters. The second-order valence-electron chi connectivity index (χ2n) is 5.20. The van der Waals surface area contributed by atoms with Crippen LogP contribution in [-0.2, 0) is 11.2 Å². The van der Waals surface area contributed by atoms with Gasteiger partial charge in [0.25, 0.3) is 5.91 Å². The Kier molecular flexibility index (Phi) is 2.98. The van der Waals surface area contributed by atoms with E-state index in [2.05, 4.69) is 17.6 Å². The van der Waals surface area contributed by atoms with Gasteiger partial charge in [0.2, 0.25) is 5.91 Å². The van der Waals surface area contributed by atoms with Crippen LogP contribution in [0.1, 0.15) is 22.8 Å². The van der Waals surface area contributed by atoms with Gasteiger partial charge in [-0.15, -0.1) is 0 Å². The van der Waals surface area contributed by atoms with Crippen molar-refractivity contribution < 1.29 is 9.59 Å². The molecule has 100 valence electrons. The Morgan fingerprint density at radius 3 is 3.05 bits per heavy atom. The number of rotatable bonds is 1. The monoisotopic (exact) mass is 259 g/mol. The molecule has 2 heterocycles. The molecule has 5 nitrogen and oxygen atoms in total. The van der Waals surface area contributed by atoms with E-state index in [0.29, 0.717) is 18.0 Å². The van der Waals surface area contributed by atoms with E-state index in [4.69, 9.17) is 0 Å². The van der Waals surface area contributed by atoms with Crippen LogP contribution in [0.4, 0.5) is 5.69 Å². The van der Waals surface area contributed by atoms with Crippen LogP contribution in [0, 0.1) is 0 Å². The molecule has 2 N–H and O–H groups in total. The van der Waals surface area contributed by atoms with E-state index in [1.807, 2.05) is 17.0 Å². The molecule has 0 saturated carbocycles. The molecular weight excluding hydrogens is 242 g/mol. The van der Waals surface area contributed by atoms with Gasteiger partial charge in [0.15, 0.2) is 0 Å². The smallest absolute Gasteiger partial charge is 0.254 e. The molecule has 0 bridgehead atoms. The maximum atomic E-state index is 12.4. The lowest BCUT2D eigenvalue weighted by molar-refractivity contribution is -0.115. The Balaban J connectivity index is 1.81. The number of hydrogen-bond acceptors (Lipinski definition) is 3. The lowest BCUT2D eigenvalue weighted by Crippen LogP contribution is -2.51. The average Bonchev–Trinajstić information content (AvgIpc) is 2.76. The van der Waals surface area contributed by atoms with Gasteiger partial charge in [-0.3, -0.25) is 9.59 Å². The Morgan fingerprint density at radius 1 is 1.42 bits per heavy atom. The largest absolute Gasteiger partial charge is 0.336 e. The van der Waals surface area contributed by atoms with Crippen LogP contribution in [0.15, 0.2) is 18.2 Å². The highest BCUT2D eigenvalue weighted by atomic mass is 16.2. The van der Waals surface area contributed by atoms with E-state index < -0.39 is 0 Å². The lowest BCUT2D eigenvalue weighted by Gasteiger charge is -2.32. The lowest BCUT2D eigenvalue weighted by atomic mass is 10.1.